The van der Waals surface area contributed by atoms with E-state index in [2.05, 4.69) is 41.5 Å². The van der Waals surface area contributed by atoms with Crippen LogP contribution in [0.1, 0.15) is 305 Å². The van der Waals surface area contributed by atoms with Gasteiger partial charge in [-0.3, -0.25) is 14.4 Å². The van der Waals surface area contributed by atoms with E-state index >= 15 is 0 Å². The van der Waals surface area contributed by atoms with Crippen LogP contribution in [0.2, 0.25) is 0 Å². The van der Waals surface area contributed by atoms with Crippen LogP contribution in [-0.2, 0) is 28.6 Å². The Morgan fingerprint density at radius 1 is 0.274 bits per heavy atom. The third kappa shape index (κ3) is 49.4. The molecule has 0 aliphatic rings. The van der Waals surface area contributed by atoms with Crippen LogP contribution >= 0.6 is 0 Å². The van der Waals surface area contributed by atoms with Crippen molar-refractivity contribution in [2.24, 2.45) is 17.8 Å². The molecular weight excluding hydrogens is 769 g/mol. The lowest BCUT2D eigenvalue weighted by atomic mass is 10.0. The van der Waals surface area contributed by atoms with Gasteiger partial charge in [0.1, 0.15) is 13.2 Å². The molecule has 0 fully saturated rings. The first-order valence-electron chi connectivity index (χ1n) is 27.6. The number of carbonyl (C=O) groups excluding carboxylic acids is 3. The zero-order valence-electron chi connectivity index (χ0n) is 42.7. The summed E-state index contributed by atoms with van der Waals surface area (Å²) in [5.74, 6) is 1.63. The Balaban J connectivity index is 4.26. The molecule has 0 amide bonds. The molecule has 6 heteroatoms. The lowest BCUT2D eigenvalue weighted by molar-refractivity contribution is -0.167. The van der Waals surface area contributed by atoms with E-state index in [9.17, 15) is 14.4 Å². The number of rotatable bonds is 49. The van der Waals surface area contributed by atoms with Crippen molar-refractivity contribution in [1.29, 1.82) is 0 Å². The van der Waals surface area contributed by atoms with E-state index in [1.165, 1.54) is 186 Å². The molecule has 0 bridgehead atoms. The zero-order chi connectivity index (χ0) is 45.6. The van der Waals surface area contributed by atoms with Crippen molar-refractivity contribution in [2.45, 2.75) is 311 Å². The number of unbranched alkanes of at least 4 members (excludes halogenated alkanes) is 32. The first kappa shape index (κ1) is 60.4. The van der Waals surface area contributed by atoms with Crippen molar-refractivity contribution < 1.29 is 28.6 Å². The van der Waals surface area contributed by atoms with Gasteiger partial charge in [0.05, 0.1) is 0 Å². The van der Waals surface area contributed by atoms with Crippen molar-refractivity contribution in [3.63, 3.8) is 0 Å². The molecule has 62 heavy (non-hydrogen) atoms. The minimum Gasteiger partial charge on any atom is -0.462 e. The summed E-state index contributed by atoms with van der Waals surface area (Å²) in [5.41, 5.74) is 0. The van der Waals surface area contributed by atoms with Crippen LogP contribution in [0.25, 0.3) is 0 Å². The third-order valence-electron chi connectivity index (χ3n) is 12.6. The fraction of sp³-hybridized carbons (Fsp3) is 0.946. The van der Waals surface area contributed by atoms with Crippen molar-refractivity contribution >= 4 is 17.9 Å². The van der Waals surface area contributed by atoms with Gasteiger partial charge in [-0.05, 0) is 37.0 Å². The molecule has 0 aromatic heterocycles. The Kier molecular flexibility index (Phi) is 46.2. The van der Waals surface area contributed by atoms with Gasteiger partial charge in [0.2, 0.25) is 0 Å². The molecule has 0 aromatic rings. The Labute approximate surface area is 387 Å². The summed E-state index contributed by atoms with van der Waals surface area (Å²) >= 11 is 0. The molecule has 0 N–H and O–H groups in total. The summed E-state index contributed by atoms with van der Waals surface area (Å²) < 4.78 is 16.8. The molecule has 0 aliphatic carbocycles. The average molecular weight is 877 g/mol. The highest BCUT2D eigenvalue weighted by atomic mass is 16.6. The summed E-state index contributed by atoms with van der Waals surface area (Å²) in [7, 11) is 0. The standard InChI is InChI=1S/C56H108O6/c1-50(2)42-36-30-24-18-13-11-9-7-8-10-12-14-21-27-33-39-45-54(57)60-48-53(62-56(59)47-41-35-29-23-17-20-26-32-38-44-52(5)6)49-61-55(58)46-40-34-28-22-16-15-19-25-31-37-43-51(3)4/h50-53H,7-49H2,1-6H3/t53-/m0/s1. The van der Waals surface area contributed by atoms with Gasteiger partial charge in [0.15, 0.2) is 6.10 Å². The first-order chi connectivity index (χ1) is 30.1. The summed E-state index contributed by atoms with van der Waals surface area (Å²) in [6, 6.07) is 0. The van der Waals surface area contributed by atoms with Crippen LogP contribution in [0.15, 0.2) is 0 Å². The first-order valence-corrected chi connectivity index (χ1v) is 27.6. The molecule has 0 spiro atoms. The van der Waals surface area contributed by atoms with Crippen molar-refractivity contribution in [3.05, 3.63) is 0 Å². The van der Waals surface area contributed by atoms with Gasteiger partial charge >= 0.3 is 17.9 Å². The van der Waals surface area contributed by atoms with E-state index < -0.39 is 6.10 Å². The Bertz CT molecular complexity index is 960. The molecule has 0 saturated carbocycles. The fourth-order valence-corrected chi connectivity index (χ4v) is 8.47. The number of esters is 3. The van der Waals surface area contributed by atoms with Crippen molar-refractivity contribution in [1.82, 2.24) is 0 Å². The zero-order valence-corrected chi connectivity index (χ0v) is 42.7. The maximum absolute atomic E-state index is 12.8. The smallest absolute Gasteiger partial charge is 0.306 e. The summed E-state index contributed by atoms with van der Waals surface area (Å²) in [6.07, 6.45) is 48.1. The lowest BCUT2D eigenvalue weighted by Gasteiger charge is -2.18. The molecule has 0 unspecified atom stereocenters. The van der Waals surface area contributed by atoms with E-state index in [0.717, 1.165) is 75.5 Å². The average Bonchev–Trinajstić information content (AvgIpc) is 3.23. The van der Waals surface area contributed by atoms with Gasteiger partial charge in [-0.2, -0.15) is 0 Å². The highest BCUT2D eigenvalue weighted by Crippen LogP contribution is 2.18. The van der Waals surface area contributed by atoms with E-state index in [1.54, 1.807) is 0 Å². The molecule has 368 valence electrons. The van der Waals surface area contributed by atoms with Gasteiger partial charge in [-0.15, -0.1) is 0 Å². The van der Waals surface area contributed by atoms with E-state index in [4.69, 9.17) is 14.2 Å². The van der Waals surface area contributed by atoms with Gasteiger partial charge < -0.3 is 14.2 Å². The highest BCUT2D eigenvalue weighted by Gasteiger charge is 2.19. The Hall–Kier alpha value is -1.59. The maximum atomic E-state index is 12.8. The van der Waals surface area contributed by atoms with Crippen LogP contribution in [0.4, 0.5) is 0 Å². The Morgan fingerprint density at radius 2 is 0.468 bits per heavy atom. The maximum Gasteiger partial charge on any atom is 0.306 e. The number of hydrogen-bond donors (Lipinski definition) is 0. The molecular formula is C56H108O6. The highest BCUT2D eigenvalue weighted by molar-refractivity contribution is 5.71. The largest absolute Gasteiger partial charge is 0.462 e. The second-order valence-electron chi connectivity index (χ2n) is 20.6. The molecule has 1 atom stereocenters. The summed E-state index contributed by atoms with van der Waals surface area (Å²) in [4.78, 5) is 38.0. The van der Waals surface area contributed by atoms with Crippen LogP contribution in [0, 0.1) is 17.8 Å². The minimum atomic E-state index is -0.763. The van der Waals surface area contributed by atoms with Crippen molar-refractivity contribution in [2.75, 3.05) is 13.2 Å². The number of ether oxygens (including phenoxy) is 3. The van der Waals surface area contributed by atoms with Crippen LogP contribution in [0.3, 0.4) is 0 Å². The van der Waals surface area contributed by atoms with E-state index in [1.807, 2.05) is 0 Å². The van der Waals surface area contributed by atoms with E-state index in [-0.39, 0.29) is 31.1 Å². The quantitative estimate of drug-likeness (QED) is 0.0344. The number of hydrogen-bond acceptors (Lipinski definition) is 6. The van der Waals surface area contributed by atoms with Crippen molar-refractivity contribution in [3.8, 4) is 0 Å². The lowest BCUT2D eigenvalue weighted by Crippen LogP contribution is -2.30. The SMILES string of the molecule is CC(C)CCCCCCCCCCCCCCCCCCC(=O)OC[C@@H](COC(=O)CCCCCCCCCCCCC(C)C)OC(=O)CCCCCCCCCCCC(C)C. The Morgan fingerprint density at radius 3 is 0.694 bits per heavy atom. The van der Waals surface area contributed by atoms with Crippen LogP contribution in [0.5, 0.6) is 0 Å². The summed E-state index contributed by atoms with van der Waals surface area (Å²) in [6.45, 7) is 13.7. The van der Waals surface area contributed by atoms with Gasteiger partial charge in [0, 0.05) is 19.3 Å². The monoisotopic (exact) mass is 877 g/mol. The molecule has 0 rings (SSSR count). The molecule has 0 radical (unpaired) electrons. The van der Waals surface area contributed by atoms with Gasteiger partial charge in [0.25, 0.3) is 0 Å². The normalized spacial score (nSPS) is 12.1. The van der Waals surface area contributed by atoms with Crippen LogP contribution in [-0.4, -0.2) is 37.2 Å². The predicted molar refractivity (Wildman–Crippen MR) is 266 cm³/mol. The van der Waals surface area contributed by atoms with Gasteiger partial charge in [-0.25, -0.2) is 0 Å². The number of carbonyl (C=O) groups is 3. The topological polar surface area (TPSA) is 78.9 Å². The fourth-order valence-electron chi connectivity index (χ4n) is 8.47. The predicted octanol–water partition coefficient (Wildman–Crippen LogP) is 17.9. The molecule has 0 aromatic carbocycles. The molecule has 0 aliphatic heterocycles. The molecule has 6 nitrogen and oxygen atoms in total. The van der Waals surface area contributed by atoms with E-state index in [0.29, 0.717) is 19.3 Å². The second-order valence-corrected chi connectivity index (χ2v) is 20.6. The molecule has 0 saturated heterocycles. The second kappa shape index (κ2) is 47.4. The minimum absolute atomic E-state index is 0.0643. The molecule has 0 heterocycles. The van der Waals surface area contributed by atoms with Gasteiger partial charge in [-0.1, -0.05) is 266 Å². The summed E-state index contributed by atoms with van der Waals surface area (Å²) in [5, 5.41) is 0. The third-order valence-corrected chi connectivity index (χ3v) is 12.6. The van der Waals surface area contributed by atoms with Crippen LogP contribution < -0.4 is 0 Å².